The maximum absolute atomic E-state index is 11.4. The molecule has 1 rings (SSSR count). The number of carbonyl (C=O) groups is 2. The summed E-state index contributed by atoms with van der Waals surface area (Å²) in [5.74, 6) is 0. The summed E-state index contributed by atoms with van der Waals surface area (Å²) in [7, 11) is 0. The van der Waals surface area contributed by atoms with Gasteiger partial charge in [0.1, 0.15) is 5.60 Å². The maximum atomic E-state index is 11.4. The van der Waals surface area contributed by atoms with Crippen LogP contribution in [0.5, 0.6) is 0 Å². The fraction of sp³-hybridized carbons (Fsp3) is 0.462. The lowest BCUT2D eigenvalue weighted by Crippen LogP contribution is -2.33. The zero-order valence-corrected chi connectivity index (χ0v) is 11.3. The van der Waals surface area contributed by atoms with Gasteiger partial charge in [-0.05, 0) is 38.8 Å². The van der Waals surface area contributed by atoms with Crippen LogP contribution >= 0.6 is 0 Å². The third kappa shape index (κ3) is 5.37. The first-order valence-electron chi connectivity index (χ1n) is 5.95. The molecule has 0 aliphatic carbocycles. The first-order valence-corrected chi connectivity index (χ1v) is 5.95. The van der Waals surface area contributed by atoms with Crippen molar-refractivity contribution in [2.75, 3.05) is 6.54 Å². The lowest BCUT2D eigenvalue weighted by Gasteiger charge is -2.19. The molecule has 1 heterocycles. The second-order valence-corrected chi connectivity index (χ2v) is 5.09. The Morgan fingerprint density at radius 1 is 1.47 bits per heavy atom. The van der Waals surface area contributed by atoms with E-state index in [2.05, 4.69) is 10.3 Å². The number of aromatic nitrogens is 1. The summed E-state index contributed by atoms with van der Waals surface area (Å²) < 4.78 is 5.08. The van der Waals surface area contributed by atoms with Gasteiger partial charge in [-0.1, -0.05) is 0 Å². The summed E-state index contributed by atoms with van der Waals surface area (Å²) in [5, 5.41) is 2.60. The topological polar surface area (TPSA) is 88.3 Å². The zero-order chi connectivity index (χ0) is 14.5. The molecule has 1 aromatic rings. The molecule has 0 saturated carbocycles. The number of ether oxygens (including phenoxy) is 1. The van der Waals surface area contributed by atoms with Gasteiger partial charge in [0.25, 0.3) is 5.56 Å². The summed E-state index contributed by atoms with van der Waals surface area (Å²) >= 11 is 0. The van der Waals surface area contributed by atoms with Crippen molar-refractivity contribution in [1.29, 1.82) is 0 Å². The number of hydrogen-bond donors (Lipinski definition) is 2. The summed E-state index contributed by atoms with van der Waals surface area (Å²) in [6.45, 7) is 5.71. The minimum atomic E-state index is -0.535. The SMILES string of the molecule is CC(C)(C)OC(=O)NCCc1c[nH]c(=O)c(C=O)c1. The number of carbonyl (C=O) groups excluding carboxylic acids is 2. The number of amides is 1. The molecule has 0 atom stereocenters. The average Bonchev–Trinajstić information content (AvgIpc) is 2.29. The second-order valence-electron chi connectivity index (χ2n) is 5.09. The molecule has 0 aromatic carbocycles. The van der Waals surface area contributed by atoms with Crippen molar-refractivity contribution in [1.82, 2.24) is 10.3 Å². The van der Waals surface area contributed by atoms with Crippen molar-refractivity contribution >= 4 is 12.4 Å². The Hall–Kier alpha value is -2.11. The van der Waals surface area contributed by atoms with Crippen LogP contribution in [0.1, 0.15) is 36.7 Å². The van der Waals surface area contributed by atoms with E-state index in [9.17, 15) is 14.4 Å². The normalized spacial score (nSPS) is 10.9. The summed E-state index contributed by atoms with van der Waals surface area (Å²) in [6, 6.07) is 1.50. The van der Waals surface area contributed by atoms with E-state index < -0.39 is 17.3 Å². The Kier molecular flexibility index (Phi) is 4.86. The molecule has 6 heteroatoms. The Labute approximate surface area is 111 Å². The van der Waals surface area contributed by atoms with Crippen LogP contribution in [0.3, 0.4) is 0 Å². The summed E-state index contributed by atoms with van der Waals surface area (Å²) in [4.78, 5) is 35.6. The Balaban J connectivity index is 2.48. The van der Waals surface area contributed by atoms with Crippen LogP contribution in [-0.2, 0) is 11.2 Å². The monoisotopic (exact) mass is 266 g/mol. The van der Waals surface area contributed by atoms with Crippen molar-refractivity contribution in [2.45, 2.75) is 32.8 Å². The van der Waals surface area contributed by atoms with E-state index in [1.807, 2.05) is 0 Å². The molecular weight excluding hydrogens is 248 g/mol. The minimum Gasteiger partial charge on any atom is -0.444 e. The van der Waals surface area contributed by atoms with E-state index in [0.717, 1.165) is 5.56 Å². The first-order chi connectivity index (χ1) is 8.81. The van der Waals surface area contributed by atoms with Gasteiger partial charge in [-0.25, -0.2) is 4.79 Å². The third-order valence-corrected chi connectivity index (χ3v) is 2.20. The first kappa shape index (κ1) is 14.9. The van der Waals surface area contributed by atoms with Crippen molar-refractivity contribution < 1.29 is 14.3 Å². The number of hydrogen-bond acceptors (Lipinski definition) is 4. The predicted molar refractivity (Wildman–Crippen MR) is 70.4 cm³/mol. The van der Waals surface area contributed by atoms with Gasteiger partial charge < -0.3 is 15.0 Å². The van der Waals surface area contributed by atoms with Crippen LogP contribution < -0.4 is 10.9 Å². The molecule has 1 amide bonds. The molecule has 0 saturated heterocycles. The summed E-state index contributed by atoms with van der Waals surface area (Å²) in [5.41, 5.74) is -0.112. The Bertz CT molecular complexity index is 514. The molecule has 0 unspecified atom stereocenters. The van der Waals surface area contributed by atoms with E-state index in [-0.39, 0.29) is 5.56 Å². The van der Waals surface area contributed by atoms with Crippen molar-refractivity contribution in [3.05, 3.63) is 33.7 Å². The van der Waals surface area contributed by atoms with Crippen LogP contribution in [0.15, 0.2) is 17.1 Å². The van der Waals surface area contributed by atoms with E-state index in [1.54, 1.807) is 20.8 Å². The molecule has 0 fully saturated rings. The van der Waals surface area contributed by atoms with E-state index in [0.29, 0.717) is 19.3 Å². The minimum absolute atomic E-state index is 0.0785. The molecule has 6 nitrogen and oxygen atoms in total. The van der Waals surface area contributed by atoms with Crippen molar-refractivity contribution in [2.24, 2.45) is 0 Å². The van der Waals surface area contributed by atoms with Gasteiger partial charge in [0.05, 0.1) is 5.56 Å². The molecule has 0 aliphatic rings. The largest absolute Gasteiger partial charge is 0.444 e. The Morgan fingerprint density at radius 2 is 2.16 bits per heavy atom. The van der Waals surface area contributed by atoms with Crippen molar-refractivity contribution in [3.63, 3.8) is 0 Å². The molecule has 0 spiro atoms. The van der Waals surface area contributed by atoms with Gasteiger partial charge in [-0.3, -0.25) is 9.59 Å². The standard InChI is InChI=1S/C13H18N2O4/c1-13(2,3)19-12(18)14-5-4-9-6-10(8-16)11(17)15-7-9/h6-8H,4-5H2,1-3H3,(H,14,18)(H,15,17). The van der Waals surface area contributed by atoms with Gasteiger partial charge in [0.15, 0.2) is 6.29 Å². The number of aldehydes is 1. The summed E-state index contributed by atoms with van der Waals surface area (Å²) in [6.07, 6.45) is 2.03. The van der Waals surface area contributed by atoms with Crippen molar-refractivity contribution in [3.8, 4) is 0 Å². The van der Waals surface area contributed by atoms with Gasteiger partial charge in [-0.2, -0.15) is 0 Å². The smallest absolute Gasteiger partial charge is 0.407 e. The number of H-pyrrole nitrogens is 1. The van der Waals surface area contributed by atoms with Gasteiger partial charge >= 0.3 is 6.09 Å². The number of aromatic amines is 1. The molecular formula is C13H18N2O4. The highest BCUT2D eigenvalue weighted by Crippen LogP contribution is 2.06. The number of alkyl carbamates (subject to hydrolysis) is 1. The van der Waals surface area contributed by atoms with Crippen LogP contribution in [-0.4, -0.2) is 29.5 Å². The van der Waals surface area contributed by atoms with Crippen LogP contribution in [0.25, 0.3) is 0 Å². The average molecular weight is 266 g/mol. The van der Waals surface area contributed by atoms with Gasteiger partial charge in [0.2, 0.25) is 0 Å². The number of pyridine rings is 1. The van der Waals surface area contributed by atoms with Crippen LogP contribution in [0.4, 0.5) is 4.79 Å². The maximum Gasteiger partial charge on any atom is 0.407 e. The molecule has 1 aromatic heterocycles. The van der Waals surface area contributed by atoms with Gasteiger partial charge in [0, 0.05) is 12.7 Å². The lowest BCUT2D eigenvalue weighted by atomic mass is 10.1. The molecule has 19 heavy (non-hydrogen) atoms. The molecule has 0 aliphatic heterocycles. The van der Waals surface area contributed by atoms with E-state index in [1.165, 1.54) is 12.3 Å². The van der Waals surface area contributed by atoms with E-state index >= 15 is 0 Å². The highest BCUT2D eigenvalue weighted by Gasteiger charge is 2.15. The molecule has 0 radical (unpaired) electrons. The predicted octanol–water partition coefficient (Wildman–Crippen LogP) is 1.25. The highest BCUT2D eigenvalue weighted by atomic mass is 16.6. The molecule has 2 N–H and O–H groups in total. The lowest BCUT2D eigenvalue weighted by molar-refractivity contribution is 0.0528. The quantitative estimate of drug-likeness (QED) is 0.803. The van der Waals surface area contributed by atoms with E-state index in [4.69, 9.17) is 4.74 Å². The van der Waals surface area contributed by atoms with Gasteiger partial charge in [-0.15, -0.1) is 0 Å². The third-order valence-electron chi connectivity index (χ3n) is 2.20. The number of nitrogens with one attached hydrogen (secondary N) is 2. The van der Waals surface area contributed by atoms with Crippen LogP contribution in [0.2, 0.25) is 0 Å². The Morgan fingerprint density at radius 3 is 2.74 bits per heavy atom. The molecule has 0 bridgehead atoms. The number of rotatable bonds is 4. The van der Waals surface area contributed by atoms with Crippen LogP contribution in [0, 0.1) is 0 Å². The zero-order valence-electron chi connectivity index (χ0n) is 11.3. The highest BCUT2D eigenvalue weighted by molar-refractivity contribution is 5.74. The molecule has 104 valence electrons. The fourth-order valence-corrected chi connectivity index (χ4v) is 1.40. The fourth-order valence-electron chi connectivity index (χ4n) is 1.40. The second kappa shape index (κ2) is 6.17.